The number of nitrogens with zero attached hydrogens (tertiary/aromatic N) is 4. The normalized spacial score (nSPS) is 14.6. The maximum atomic E-state index is 13.0. The van der Waals surface area contributed by atoms with Crippen LogP contribution in [-0.4, -0.2) is 38.5 Å². The first kappa shape index (κ1) is 21.9. The molecule has 8 nitrogen and oxygen atoms in total. The molecule has 0 spiro atoms. The minimum absolute atomic E-state index is 0.0547. The van der Waals surface area contributed by atoms with Crippen molar-refractivity contribution >= 4 is 34.9 Å². The number of carbonyl (C=O) groups is 1. The van der Waals surface area contributed by atoms with Crippen LogP contribution in [0.15, 0.2) is 71.8 Å². The van der Waals surface area contributed by atoms with Crippen molar-refractivity contribution in [3.05, 3.63) is 99.1 Å². The van der Waals surface area contributed by atoms with E-state index in [4.69, 9.17) is 16.6 Å². The Kier molecular flexibility index (Phi) is 5.67. The molecule has 1 aliphatic heterocycles. The number of fused-ring (bicyclic) bond motifs is 1. The second-order valence-electron chi connectivity index (χ2n) is 8.34. The van der Waals surface area contributed by atoms with Crippen LogP contribution in [0.4, 0.5) is 11.6 Å². The van der Waals surface area contributed by atoms with Crippen LogP contribution in [0.3, 0.4) is 0 Å². The third kappa shape index (κ3) is 4.08. The number of nitrogens with one attached hydrogen (secondary N) is 1. The number of benzene rings is 1. The van der Waals surface area contributed by atoms with E-state index in [2.05, 4.69) is 27.3 Å². The summed E-state index contributed by atoms with van der Waals surface area (Å²) in [7, 11) is 0. The van der Waals surface area contributed by atoms with Gasteiger partial charge < -0.3 is 15.3 Å². The standard InChI is InChI=1S/C25H22ClN5O3/c1-15(28-23-19(25(33)34)8-5-9-27-23)20-10-18(26)14-31-22(32)11-21(29-24(20)31)30-12-17(13-30)16-6-3-2-4-7-16/h2-11,14-15,17H,12-13H2,1H3,(H,27,28)(H,33,34). The van der Waals surface area contributed by atoms with E-state index >= 15 is 0 Å². The van der Waals surface area contributed by atoms with Crippen molar-refractivity contribution in [2.75, 3.05) is 23.3 Å². The van der Waals surface area contributed by atoms with Crippen molar-refractivity contribution in [3.63, 3.8) is 0 Å². The first-order valence-corrected chi connectivity index (χ1v) is 11.3. The zero-order valence-corrected chi connectivity index (χ0v) is 19.1. The third-order valence-corrected chi connectivity index (χ3v) is 6.28. The summed E-state index contributed by atoms with van der Waals surface area (Å²) in [6.07, 6.45) is 3.06. The number of aromatic nitrogens is 3. The lowest BCUT2D eigenvalue weighted by molar-refractivity contribution is 0.0697. The Labute approximate surface area is 200 Å². The molecular weight excluding hydrogens is 454 g/mol. The molecule has 0 saturated carbocycles. The quantitative estimate of drug-likeness (QED) is 0.430. The fourth-order valence-corrected chi connectivity index (χ4v) is 4.45. The molecule has 2 N–H and O–H groups in total. The number of carboxylic acid groups (broad SMARTS) is 1. The van der Waals surface area contributed by atoms with Crippen LogP contribution in [0.1, 0.15) is 40.4 Å². The van der Waals surface area contributed by atoms with Crippen LogP contribution in [0.5, 0.6) is 0 Å². The van der Waals surface area contributed by atoms with Gasteiger partial charge in [-0.1, -0.05) is 41.9 Å². The highest BCUT2D eigenvalue weighted by atomic mass is 35.5. The molecule has 9 heteroatoms. The molecule has 0 bridgehead atoms. The second kappa shape index (κ2) is 8.79. The van der Waals surface area contributed by atoms with Crippen LogP contribution >= 0.6 is 11.6 Å². The Morgan fingerprint density at radius 3 is 2.68 bits per heavy atom. The predicted octanol–water partition coefficient (Wildman–Crippen LogP) is 4.22. The van der Waals surface area contributed by atoms with Gasteiger partial charge in [-0.05, 0) is 30.7 Å². The molecule has 0 amide bonds. The maximum Gasteiger partial charge on any atom is 0.339 e. The molecule has 1 fully saturated rings. The zero-order valence-electron chi connectivity index (χ0n) is 18.4. The number of hydrogen-bond acceptors (Lipinski definition) is 6. The summed E-state index contributed by atoms with van der Waals surface area (Å²) in [6.45, 7) is 3.40. The van der Waals surface area contributed by atoms with E-state index in [1.54, 1.807) is 18.3 Å². The van der Waals surface area contributed by atoms with Gasteiger partial charge in [0.15, 0.2) is 0 Å². The molecule has 172 valence electrons. The van der Waals surface area contributed by atoms with E-state index in [0.717, 1.165) is 13.1 Å². The first-order valence-electron chi connectivity index (χ1n) is 10.9. The van der Waals surface area contributed by atoms with Gasteiger partial charge in [0, 0.05) is 43.0 Å². The molecule has 4 aromatic rings. The van der Waals surface area contributed by atoms with Gasteiger partial charge in [-0.2, -0.15) is 0 Å². The summed E-state index contributed by atoms with van der Waals surface area (Å²) in [5, 5.41) is 13.0. The van der Waals surface area contributed by atoms with Crippen LogP contribution < -0.4 is 15.8 Å². The lowest BCUT2D eigenvalue weighted by Gasteiger charge is -2.40. The minimum Gasteiger partial charge on any atom is -0.478 e. The highest BCUT2D eigenvalue weighted by molar-refractivity contribution is 6.30. The van der Waals surface area contributed by atoms with Crippen LogP contribution in [0, 0.1) is 0 Å². The molecule has 34 heavy (non-hydrogen) atoms. The molecule has 5 rings (SSSR count). The Balaban J connectivity index is 1.48. The van der Waals surface area contributed by atoms with E-state index in [0.29, 0.717) is 28.0 Å². The minimum atomic E-state index is -1.08. The van der Waals surface area contributed by atoms with Crippen molar-refractivity contribution in [3.8, 4) is 0 Å². The second-order valence-corrected chi connectivity index (χ2v) is 8.78. The van der Waals surface area contributed by atoms with Crippen molar-refractivity contribution in [1.29, 1.82) is 0 Å². The molecule has 1 aromatic carbocycles. The maximum absolute atomic E-state index is 13.0. The van der Waals surface area contributed by atoms with Gasteiger partial charge in [-0.3, -0.25) is 9.20 Å². The monoisotopic (exact) mass is 475 g/mol. The fraction of sp³-hybridized carbons (Fsp3) is 0.200. The summed E-state index contributed by atoms with van der Waals surface area (Å²) in [5.41, 5.74) is 2.21. The van der Waals surface area contributed by atoms with Crippen molar-refractivity contribution in [2.45, 2.75) is 18.9 Å². The average molecular weight is 476 g/mol. The number of carboxylic acids is 1. The highest BCUT2D eigenvalue weighted by Crippen LogP contribution is 2.31. The molecule has 0 radical (unpaired) electrons. The lowest BCUT2D eigenvalue weighted by atomic mass is 9.91. The molecule has 0 aliphatic carbocycles. The first-order chi connectivity index (χ1) is 16.4. The Bertz CT molecular complexity index is 1430. The largest absolute Gasteiger partial charge is 0.478 e. The van der Waals surface area contributed by atoms with E-state index in [1.165, 1.54) is 28.3 Å². The number of pyridine rings is 2. The van der Waals surface area contributed by atoms with Gasteiger partial charge in [0.1, 0.15) is 22.8 Å². The summed E-state index contributed by atoms with van der Waals surface area (Å²) in [6, 6.07) is 16.2. The van der Waals surface area contributed by atoms with E-state index < -0.39 is 12.0 Å². The van der Waals surface area contributed by atoms with Crippen LogP contribution in [0.25, 0.3) is 5.65 Å². The number of hydrogen-bond donors (Lipinski definition) is 2. The zero-order chi connectivity index (χ0) is 23.8. The molecule has 1 saturated heterocycles. The number of rotatable bonds is 6. The van der Waals surface area contributed by atoms with Crippen LogP contribution in [0.2, 0.25) is 5.02 Å². The molecule has 1 aliphatic rings. The topological polar surface area (TPSA) is 99.8 Å². The van der Waals surface area contributed by atoms with E-state index in [1.807, 2.05) is 25.1 Å². The van der Waals surface area contributed by atoms with Gasteiger partial charge >= 0.3 is 5.97 Å². The van der Waals surface area contributed by atoms with Gasteiger partial charge in [0.05, 0.1) is 11.1 Å². The van der Waals surface area contributed by atoms with Gasteiger partial charge in [-0.25, -0.2) is 14.8 Å². The summed E-state index contributed by atoms with van der Waals surface area (Å²) < 4.78 is 1.42. The average Bonchev–Trinajstić information content (AvgIpc) is 2.79. The number of aromatic carboxylic acids is 1. The highest BCUT2D eigenvalue weighted by Gasteiger charge is 2.30. The predicted molar refractivity (Wildman–Crippen MR) is 131 cm³/mol. The summed E-state index contributed by atoms with van der Waals surface area (Å²) in [5.74, 6) is 0.149. The van der Waals surface area contributed by atoms with Crippen LogP contribution in [-0.2, 0) is 0 Å². The molecular formula is C25H22ClN5O3. The van der Waals surface area contributed by atoms with Gasteiger partial charge in [0.25, 0.3) is 5.56 Å². The van der Waals surface area contributed by atoms with Crippen molar-refractivity contribution < 1.29 is 9.90 Å². The molecule has 4 heterocycles. The molecule has 1 unspecified atom stereocenters. The van der Waals surface area contributed by atoms with Crippen molar-refractivity contribution in [1.82, 2.24) is 14.4 Å². The number of halogens is 1. The van der Waals surface area contributed by atoms with Gasteiger partial charge in [0.2, 0.25) is 0 Å². The summed E-state index contributed by atoms with van der Waals surface area (Å²) in [4.78, 5) is 35.6. The third-order valence-electron chi connectivity index (χ3n) is 6.08. The fourth-order valence-electron chi connectivity index (χ4n) is 4.24. The lowest BCUT2D eigenvalue weighted by Crippen LogP contribution is -2.46. The molecule has 1 atom stereocenters. The smallest absolute Gasteiger partial charge is 0.339 e. The van der Waals surface area contributed by atoms with E-state index in [-0.39, 0.29) is 16.9 Å². The Hall–Kier alpha value is -3.91. The SMILES string of the molecule is CC(Nc1ncccc1C(=O)O)c1cc(Cl)cn2c(=O)cc(N3CC(c4ccccc4)C3)nc12. The Morgan fingerprint density at radius 2 is 1.94 bits per heavy atom. The molecule has 3 aromatic heterocycles. The van der Waals surface area contributed by atoms with E-state index in [9.17, 15) is 14.7 Å². The summed E-state index contributed by atoms with van der Waals surface area (Å²) >= 11 is 6.32. The Morgan fingerprint density at radius 1 is 1.18 bits per heavy atom. The number of anilines is 2. The van der Waals surface area contributed by atoms with Gasteiger partial charge in [-0.15, -0.1) is 0 Å². The van der Waals surface area contributed by atoms with Crippen molar-refractivity contribution in [2.24, 2.45) is 0 Å².